The summed E-state index contributed by atoms with van der Waals surface area (Å²) in [5, 5.41) is 1.92. The van der Waals surface area contributed by atoms with Crippen LogP contribution in [0, 0.1) is 5.92 Å². The van der Waals surface area contributed by atoms with Crippen LogP contribution in [-0.2, 0) is 14.8 Å². The van der Waals surface area contributed by atoms with Gasteiger partial charge in [0.2, 0.25) is 15.9 Å². The number of carbonyl (C=O) groups excluding carboxylic acids is 1. The van der Waals surface area contributed by atoms with E-state index in [0.717, 1.165) is 16.5 Å². The molecule has 0 aromatic heterocycles. The van der Waals surface area contributed by atoms with Gasteiger partial charge in [0.1, 0.15) is 0 Å². The Morgan fingerprint density at radius 3 is 2.23 bits per heavy atom. The van der Waals surface area contributed by atoms with E-state index in [1.54, 1.807) is 17.0 Å². The van der Waals surface area contributed by atoms with E-state index < -0.39 is 10.0 Å². The fourth-order valence-electron chi connectivity index (χ4n) is 4.11. The lowest BCUT2D eigenvalue weighted by Crippen LogP contribution is -2.44. The normalized spacial score (nSPS) is 15.9. The predicted molar refractivity (Wildman–Crippen MR) is 120 cm³/mol. The number of piperidine rings is 1. The summed E-state index contributed by atoms with van der Waals surface area (Å²) in [5.74, 6) is -0.0836. The first-order valence-electron chi connectivity index (χ1n) is 10.4. The first kappa shape index (κ1) is 20.6. The number of amides is 1. The van der Waals surface area contributed by atoms with Crippen molar-refractivity contribution in [3.05, 3.63) is 72.8 Å². The molecule has 30 heavy (non-hydrogen) atoms. The summed E-state index contributed by atoms with van der Waals surface area (Å²) in [4.78, 5) is 15.2. The average Bonchev–Trinajstić information content (AvgIpc) is 2.80. The summed E-state index contributed by atoms with van der Waals surface area (Å²) in [6, 6.07) is 22.6. The minimum absolute atomic E-state index is 0.0754. The highest BCUT2D eigenvalue weighted by Gasteiger charge is 2.34. The fourth-order valence-corrected chi connectivity index (χ4v) is 5.62. The van der Waals surface area contributed by atoms with E-state index in [1.165, 1.54) is 4.31 Å². The Morgan fingerprint density at radius 1 is 0.933 bits per heavy atom. The molecule has 0 unspecified atom stereocenters. The van der Waals surface area contributed by atoms with Gasteiger partial charge in [-0.25, -0.2) is 8.42 Å². The number of fused-ring (bicyclic) bond motifs is 1. The molecular weight excluding hydrogens is 396 g/mol. The second kappa shape index (κ2) is 8.58. The van der Waals surface area contributed by atoms with Crippen LogP contribution in [0.2, 0.25) is 0 Å². The van der Waals surface area contributed by atoms with Crippen LogP contribution in [0.5, 0.6) is 0 Å². The molecule has 3 aromatic carbocycles. The van der Waals surface area contributed by atoms with Crippen molar-refractivity contribution in [2.75, 3.05) is 24.5 Å². The van der Waals surface area contributed by atoms with Crippen molar-refractivity contribution in [2.24, 2.45) is 5.92 Å². The summed E-state index contributed by atoms with van der Waals surface area (Å²) in [7, 11) is -3.57. The predicted octanol–water partition coefficient (Wildman–Crippen LogP) is 4.29. The summed E-state index contributed by atoms with van der Waals surface area (Å²) in [5.41, 5.74) is 0.885. The van der Waals surface area contributed by atoms with Crippen molar-refractivity contribution in [1.29, 1.82) is 0 Å². The summed E-state index contributed by atoms with van der Waals surface area (Å²) in [6.07, 6.45) is 1.07. The molecule has 3 aromatic rings. The van der Waals surface area contributed by atoms with Crippen LogP contribution < -0.4 is 4.90 Å². The number of nitrogens with zero attached hydrogens (tertiary/aromatic N) is 2. The van der Waals surface area contributed by atoms with Crippen molar-refractivity contribution < 1.29 is 13.2 Å². The standard InChI is InChI=1S/C24H26N2O3S/c1-2-26(22-10-4-3-5-11-22)24(27)20-14-16-25(17-15-20)30(28,29)23-13-12-19-8-6-7-9-21(19)18-23/h3-13,18,20H,2,14-17H2,1H3. The van der Waals surface area contributed by atoms with Crippen molar-refractivity contribution >= 4 is 32.4 Å². The van der Waals surface area contributed by atoms with Crippen LogP contribution >= 0.6 is 0 Å². The second-order valence-electron chi connectivity index (χ2n) is 7.61. The van der Waals surface area contributed by atoms with Crippen LogP contribution in [-0.4, -0.2) is 38.3 Å². The molecule has 0 saturated carbocycles. The lowest BCUT2D eigenvalue weighted by Gasteiger charge is -2.33. The first-order chi connectivity index (χ1) is 14.5. The lowest BCUT2D eigenvalue weighted by atomic mass is 9.96. The molecule has 0 radical (unpaired) electrons. The summed E-state index contributed by atoms with van der Waals surface area (Å²) >= 11 is 0. The van der Waals surface area contributed by atoms with E-state index in [9.17, 15) is 13.2 Å². The topological polar surface area (TPSA) is 57.7 Å². The molecule has 0 atom stereocenters. The van der Waals surface area contributed by atoms with Gasteiger partial charge in [0.15, 0.2) is 0 Å². The van der Waals surface area contributed by atoms with Gasteiger partial charge >= 0.3 is 0 Å². The molecule has 1 saturated heterocycles. The van der Waals surface area contributed by atoms with Gasteiger partial charge < -0.3 is 4.90 Å². The van der Waals surface area contributed by atoms with Crippen LogP contribution in [0.15, 0.2) is 77.7 Å². The molecule has 1 aliphatic rings. The Balaban J connectivity index is 1.47. The quantitative estimate of drug-likeness (QED) is 0.616. The van der Waals surface area contributed by atoms with E-state index >= 15 is 0 Å². The van der Waals surface area contributed by atoms with Gasteiger partial charge in [0.25, 0.3) is 0 Å². The zero-order valence-corrected chi connectivity index (χ0v) is 17.9. The lowest BCUT2D eigenvalue weighted by molar-refractivity contribution is -0.123. The average molecular weight is 423 g/mol. The van der Waals surface area contributed by atoms with Crippen molar-refractivity contribution in [1.82, 2.24) is 4.31 Å². The zero-order chi connectivity index (χ0) is 21.1. The van der Waals surface area contributed by atoms with Gasteiger partial charge in [0.05, 0.1) is 4.90 Å². The molecule has 1 fully saturated rings. The summed E-state index contributed by atoms with van der Waals surface area (Å²) < 4.78 is 27.8. The zero-order valence-electron chi connectivity index (χ0n) is 17.1. The maximum Gasteiger partial charge on any atom is 0.243 e. The number of hydrogen-bond donors (Lipinski definition) is 0. The molecule has 5 nitrogen and oxygen atoms in total. The van der Waals surface area contributed by atoms with Gasteiger partial charge in [-0.15, -0.1) is 0 Å². The minimum atomic E-state index is -3.57. The first-order valence-corrected chi connectivity index (χ1v) is 11.8. The Kier molecular flexibility index (Phi) is 5.88. The highest BCUT2D eigenvalue weighted by Crippen LogP contribution is 2.28. The molecule has 1 heterocycles. The Hall–Kier alpha value is -2.70. The number of rotatable bonds is 5. The van der Waals surface area contributed by atoms with E-state index in [0.29, 0.717) is 37.4 Å². The summed E-state index contributed by atoms with van der Waals surface area (Å²) in [6.45, 7) is 3.28. The third-order valence-electron chi connectivity index (χ3n) is 5.81. The maximum atomic E-state index is 13.1. The minimum Gasteiger partial charge on any atom is -0.312 e. The third-order valence-corrected chi connectivity index (χ3v) is 7.71. The number of sulfonamides is 1. The third kappa shape index (κ3) is 3.98. The molecule has 1 aliphatic heterocycles. The second-order valence-corrected chi connectivity index (χ2v) is 9.54. The number of anilines is 1. The van der Waals surface area contributed by atoms with Crippen molar-refractivity contribution in [3.63, 3.8) is 0 Å². The van der Waals surface area contributed by atoms with Gasteiger partial charge in [-0.1, -0.05) is 48.5 Å². The van der Waals surface area contributed by atoms with Gasteiger partial charge in [-0.3, -0.25) is 4.79 Å². The molecule has 4 rings (SSSR count). The van der Waals surface area contributed by atoms with Crippen molar-refractivity contribution in [3.8, 4) is 0 Å². The number of benzene rings is 3. The molecule has 0 N–H and O–H groups in total. The maximum absolute atomic E-state index is 13.1. The monoisotopic (exact) mass is 422 g/mol. The van der Waals surface area contributed by atoms with Gasteiger partial charge in [-0.05, 0) is 54.8 Å². The van der Waals surface area contributed by atoms with E-state index in [-0.39, 0.29) is 11.8 Å². The van der Waals surface area contributed by atoms with Crippen molar-refractivity contribution in [2.45, 2.75) is 24.7 Å². The van der Waals surface area contributed by atoms with E-state index in [1.807, 2.05) is 67.6 Å². The van der Waals surface area contributed by atoms with Gasteiger partial charge in [-0.2, -0.15) is 4.31 Å². The number of para-hydroxylation sites is 1. The molecule has 1 amide bonds. The molecule has 0 bridgehead atoms. The largest absolute Gasteiger partial charge is 0.312 e. The van der Waals surface area contributed by atoms with Crippen LogP contribution in [0.3, 0.4) is 0 Å². The highest BCUT2D eigenvalue weighted by atomic mass is 32.2. The molecule has 156 valence electrons. The number of carbonyl (C=O) groups is 1. The van der Waals surface area contributed by atoms with Crippen LogP contribution in [0.25, 0.3) is 10.8 Å². The Morgan fingerprint density at radius 2 is 1.57 bits per heavy atom. The molecular formula is C24H26N2O3S. The fraction of sp³-hybridized carbons (Fsp3) is 0.292. The highest BCUT2D eigenvalue weighted by molar-refractivity contribution is 7.89. The van der Waals surface area contributed by atoms with E-state index in [4.69, 9.17) is 0 Å². The SMILES string of the molecule is CCN(C(=O)C1CCN(S(=O)(=O)c2ccc3ccccc3c2)CC1)c1ccccc1. The Labute approximate surface area is 178 Å². The smallest absolute Gasteiger partial charge is 0.243 e. The van der Waals surface area contributed by atoms with Gasteiger partial charge in [0, 0.05) is 31.2 Å². The van der Waals surface area contributed by atoms with Crippen LogP contribution in [0.1, 0.15) is 19.8 Å². The van der Waals surface area contributed by atoms with E-state index in [2.05, 4.69) is 0 Å². The Bertz CT molecular complexity index is 1140. The van der Waals surface area contributed by atoms with Crippen LogP contribution in [0.4, 0.5) is 5.69 Å². The molecule has 0 spiro atoms. The number of hydrogen-bond acceptors (Lipinski definition) is 3. The molecule has 0 aliphatic carbocycles. The molecule has 6 heteroatoms.